The number of hydrogen-bond acceptors (Lipinski definition) is 2. The Hall–Kier alpha value is -0.280. The molecule has 2 atom stereocenters. The molecule has 1 saturated heterocycles. The van der Waals surface area contributed by atoms with Gasteiger partial charge in [-0.2, -0.15) is 0 Å². The normalized spacial score (nSPS) is 25.4. The van der Waals surface area contributed by atoms with Crippen LogP contribution in [-0.4, -0.2) is 36.0 Å². The predicted octanol–water partition coefficient (Wildman–Crippen LogP) is 2.05. The van der Waals surface area contributed by atoms with Gasteiger partial charge < -0.3 is 10.2 Å². The smallest absolute Gasteiger partial charge is 0.222 e. The Morgan fingerprint density at radius 2 is 2.06 bits per heavy atom. The van der Waals surface area contributed by atoms with Gasteiger partial charge in [-0.15, -0.1) is 12.4 Å². The molecule has 1 aliphatic heterocycles. The van der Waals surface area contributed by atoms with Crippen LogP contribution in [0, 0.1) is 5.92 Å². The summed E-state index contributed by atoms with van der Waals surface area (Å²) in [4.78, 5) is 14.0. The second kappa shape index (κ2) is 7.13. The van der Waals surface area contributed by atoms with E-state index in [1.807, 2.05) is 4.90 Å². The molecule has 1 amide bonds. The van der Waals surface area contributed by atoms with E-state index in [1.165, 1.54) is 0 Å². The summed E-state index contributed by atoms with van der Waals surface area (Å²) in [6.45, 7) is 10.4. The standard InChI is InChI=1S/C12H24N2O.ClH/c1-9(2)5-6-12(15)14-8-7-13-10(3)11(14)4;/h9-11,13H,5-8H2,1-4H3;1H. The highest BCUT2D eigenvalue weighted by atomic mass is 35.5. The Morgan fingerprint density at radius 3 is 2.62 bits per heavy atom. The van der Waals surface area contributed by atoms with E-state index in [0.717, 1.165) is 19.5 Å². The zero-order valence-electron chi connectivity index (χ0n) is 10.8. The van der Waals surface area contributed by atoms with Gasteiger partial charge in [-0.05, 0) is 26.2 Å². The van der Waals surface area contributed by atoms with Crippen molar-refractivity contribution in [3.8, 4) is 0 Å². The molecule has 1 rings (SSSR count). The van der Waals surface area contributed by atoms with Crippen molar-refractivity contribution in [1.29, 1.82) is 0 Å². The number of nitrogens with zero attached hydrogens (tertiary/aromatic N) is 1. The first-order valence-corrected chi connectivity index (χ1v) is 6.05. The van der Waals surface area contributed by atoms with Crippen molar-refractivity contribution in [1.82, 2.24) is 10.2 Å². The first kappa shape index (κ1) is 15.7. The van der Waals surface area contributed by atoms with Crippen LogP contribution in [0.2, 0.25) is 0 Å². The van der Waals surface area contributed by atoms with Gasteiger partial charge in [0.15, 0.2) is 0 Å². The van der Waals surface area contributed by atoms with Crippen molar-refractivity contribution in [2.24, 2.45) is 5.92 Å². The molecule has 96 valence electrons. The zero-order valence-corrected chi connectivity index (χ0v) is 11.6. The lowest BCUT2D eigenvalue weighted by Crippen LogP contribution is -2.57. The largest absolute Gasteiger partial charge is 0.337 e. The van der Waals surface area contributed by atoms with Crippen LogP contribution in [0.3, 0.4) is 0 Å². The highest BCUT2D eigenvalue weighted by molar-refractivity contribution is 5.85. The van der Waals surface area contributed by atoms with Crippen molar-refractivity contribution in [2.45, 2.75) is 52.6 Å². The molecule has 0 aliphatic carbocycles. The lowest BCUT2D eigenvalue weighted by atomic mass is 10.0. The highest BCUT2D eigenvalue weighted by Gasteiger charge is 2.27. The van der Waals surface area contributed by atoms with Crippen molar-refractivity contribution >= 4 is 18.3 Å². The number of hydrogen-bond donors (Lipinski definition) is 1. The molecule has 16 heavy (non-hydrogen) atoms. The molecule has 0 spiro atoms. The summed E-state index contributed by atoms with van der Waals surface area (Å²) in [5.74, 6) is 0.939. The summed E-state index contributed by atoms with van der Waals surface area (Å²) >= 11 is 0. The van der Waals surface area contributed by atoms with Gasteiger partial charge in [0.2, 0.25) is 5.91 Å². The predicted molar refractivity (Wildman–Crippen MR) is 70.0 cm³/mol. The summed E-state index contributed by atoms with van der Waals surface area (Å²) in [5.41, 5.74) is 0. The molecular formula is C12H25ClN2O. The number of nitrogens with one attached hydrogen (secondary N) is 1. The molecule has 3 nitrogen and oxygen atoms in total. The second-order valence-corrected chi connectivity index (χ2v) is 5.00. The number of piperazine rings is 1. The molecule has 2 unspecified atom stereocenters. The fourth-order valence-corrected chi connectivity index (χ4v) is 1.96. The third-order valence-corrected chi connectivity index (χ3v) is 3.29. The lowest BCUT2D eigenvalue weighted by Gasteiger charge is -2.38. The summed E-state index contributed by atoms with van der Waals surface area (Å²) in [6.07, 6.45) is 1.71. The Kier molecular flexibility index (Phi) is 7.00. The molecule has 0 aromatic heterocycles. The quantitative estimate of drug-likeness (QED) is 0.829. The molecule has 0 saturated carbocycles. The van der Waals surface area contributed by atoms with Gasteiger partial charge in [0.05, 0.1) is 0 Å². The molecular weight excluding hydrogens is 224 g/mol. The van der Waals surface area contributed by atoms with Crippen molar-refractivity contribution in [3.63, 3.8) is 0 Å². The molecule has 1 aliphatic rings. The van der Waals surface area contributed by atoms with Gasteiger partial charge >= 0.3 is 0 Å². The molecule has 0 radical (unpaired) electrons. The summed E-state index contributed by atoms with van der Waals surface area (Å²) in [6, 6.07) is 0.750. The molecule has 0 bridgehead atoms. The van der Waals surface area contributed by atoms with Gasteiger partial charge in [0, 0.05) is 31.6 Å². The minimum absolute atomic E-state index is 0. The third kappa shape index (κ3) is 4.30. The van der Waals surface area contributed by atoms with Crippen LogP contribution >= 0.6 is 12.4 Å². The number of amides is 1. The average molecular weight is 249 g/mol. The first-order chi connectivity index (χ1) is 7.02. The van der Waals surface area contributed by atoms with Crippen LogP contribution in [0.15, 0.2) is 0 Å². The number of rotatable bonds is 3. The zero-order chi connectivity index (χ0) is 11.4. The number of carbonyl (C=O) groups excluding carboxylic acids is 1. The summed E-state index contributed by atoms with van der Waals surface area (Å²) in [5, 5.41) is 3.39. The monoisotopic (exact) mass is 248 g/mol. The van der Waals surface area contributed by atoms with E-state index in [1.54, 1.807) is 0 Å². The Labute approximate surface area is 105 Å². The first-order valence-electron chi connectivity index (χ1n) is 6.05. The van der Waals surface area contributed by atoms with Crippen molar-refractivity contribution in [3.05, 3.63) is 0 Å². The fraction of sp³-hybridized carbons (Fsp3) is 0.917. The molecule has 0 aromatic carbocycles. The Balaban J connectivity index is 0.00000225. The van der Waals surface area contributed by atoms with E-state index >= 15 is 0 Å². The van der Waals surface area contributed by atoms with Gasteiger partial charge in [-0.1, -0.05) is 13.8 Å². The van der Waals surface area contributed by atoms with Crippen LogP contribution in [-0.2, 0) is 4.79 Å². The van der Waals surface area contributed by atoms with E-state index in [0.29, 0.717) is 30.3 Å². The molecule has 0 aromatic rings. The van der Waals surface area contributed by atoms with E-state index < -0.39 is 0 Å². The van der Waals surface area contributed by atoms with Crippen LogP contribution < -0.4 is 5.32 Å². The van der Waals surface area contributed by atoms with Crippen molar-refractivity contribution < 1.29 is 4.79 Å². The fourth-order valence-electron chi connectivity index (χ4n) is 1.96. The van der Waals surface area contributed by atoms with Crippen molar-refractivity contribution in [2.75, 3.05) is 13.1 Å². The van der Waals surface area contributed by atoms with E-state index in [9.17, 15) is 4.79 Å². The minimum Gasteiger partial charge on any atom is -0.337 e. The van der Waals surface area contributed by atoms with Gasteiger partial charge in [-0.25, -0.2) is 0 Å². The maximum atomic E-state index is 12.0. The SMILES string of the molecule is CC(C)CCC(=O)N1CCNC(C)C1C.Cl. The molecule has 4 heteroatoms. The lowest BCUT2D eigenvalue weighted by molar-refractivity contribution is -0.135. The van der Waals surface area contributed by atoms with Crippen LogP contribution in [0.25, 0.3) is 0 Å². The molecule has 1 N–H and O–H groups in total. The van der Waals surface area contributed by atoms with Gasteiger partial charge in [0.1, 0.15) is 0 Å². The van der Waals surface area contributed by atoms with Crippen LogP contribution in [0.1, 0.15) is 40.5 Å². The highest BCUT2D eigenvalue weighted by Crippen LogP contribution is 2.13. The summed E-state index contributed by atoms with van der Waals surface area (Å²) in [7, 11) is 0. The molecule has 1 fully saturated rings. The maximum Gasteiger partial charge on any atom is 0.222 e. The van der Waals surface area contributed by atoms with Gasteiger partial charge in [0.25, 0.3) is 0 Å². The van der Waals surface area contributed by atoms with E-state index in [4.69, 9.17) is 0 Å². The van der Waals surface area contributed by atoms with E-state index in [-0.39, 0.29) is 12.4 Å². The Bertz CT molecular complexity index is 221. The van der Waals surface area contributed by atoms with Crippen LogP contribution in [0.5, 0.6) is 0 Å². The van der Waals surface area contributed by atoms with E-state index in [2.05, 4.69) is 33.0 Å². The summed E-state index contributed by atoms with van der Waals surface area (Å²) < 4.78 is 0. The third-order valence-electron chi connectivity index (χ3n) is 3.29. The Morgan fingerprint density at radius 1 is 1.44 bits per heavy atom. The second-order valence-electron chi connectivity index (χ2n) is 5.00. The minimum atomic E-state index is 0. The molecule has 1 heterocycles. The van der Waals surface area contributed by atoms with Crippen LogP contribution in [0.4, 0.5) is 0 Å². The number of carbonyl (C=O) groups is 1. The maximum absolute atomic E-state index is 12.0. The van der Waals surface area contributed by atoms with Gasteiger partial charge in [-0.3, -0.25) is 4.79 Å². The average Bonchev–Trinajstić information content (AvgIpc) is 2.18. The topological polar surface area (TPSA) is 32.3 Å². The number of halogens is 1.